The molecule has 3 N–H and O–H groups in total. The van der Waals surface area contributed by atoms with Crippen molar-refractivity contribution in [2.24, 2.45) is 5.84 Å². The van der Waals surface area contributed by atoms with Gasteiger partial charge in [0.15, 0.2) is 0 Å². The zero-order valence-electron chi connectivity index (χ0n) is 9.21. The summed E-state index contributed by atoms with van der Waals surface area (Å²) >= 11 is 12.1. The Bertz CT molecular complexity index is 525. The van der Waals surface area contributed by atoms with Crippen LogP contribution in [-0.4, -0.2) is 0 Å². The number of furan rings is 1. The van der Waals surface area contributed by atoms with Crippen molar-refractivity contribution in [3.8, 4) is 0 Å². The Morgan fingerprint density at radius 1 is 1.29 bits per heavy atom. The molecule has 1 unspecified atom stereocenters. The van der Waals surface area contributed by atoms with E-state index in [9.17, 15) is 0 Å². The monoisotopic (exact) mass is 270 g/mol. The first-order valence-electron chi connectivity index (χ1n) is 5.08. The molecule has 0 aliphatic heterocycles. The summed E-state index contributed by atoms with van der Waals surface area (Å²) in [4.78, 5) is 0. The molecule has 0 radical (unpaired) electrons. The maximum absolute atomic E-state index is 6.14. The van der Waals surface area contributed by atoms with E-state index < -0.39 is 0 Å². The van der Waals surface area contributed by atoms with Crippen molar-refractivity contribution in [1.29, 1.82) is 0 Å². The Hall–Kier alpha value is -1.00. The average molecular weight is 271 g/mol. The first kappa shape index (κ1) is 12.5. The van der Waals surface area contributed by atoms with Crippen LogP contribution >= 0.6 is 23.2 Å². The molecule has 1 atom stereocenters. The van der Waals surface area contributed by atoms with E-state index >= 15 is 0 Å². The highest BCUT2D eigenvalue weighted by Gasteiger charge is 2.17. The lowest BCUT2D eigenvalue weighted by Crippen LogP contribution is -2.28. The third-order valence-electron chi connectivity index (χ3n) is 2.52. The van der Waals surface area contributed by atoms with Gasteiger partial charge < -0.3 is 4.42 Å². The minimum Gasteiger partial charge on any atom is -0.469 e. The molecule has 0 amide bonds. The van der Waals surface area contributed by atoms with Gasteiger partial charge in [0.2, 0.25) is 0 Å². The molecule has 0 aliphatic rings. The van der Waals surface area contributed by atoms with Gasteiger partial charge >= 0.3 is 0 Å². The molecule has 1 aromatic heterocycles. The van der Waals surface area contributed by atoms with Crippen LogP contribution in [0.2, 0.25) is 10.0 Å². The van der Waals surface area contributed by atoms with E-state index in [1.807, 2.05) is 13.0 Å². The topological polar surface area (TPSA) is 51.2 Å². The molecule has 0 saturated carbocycles. The summed E-state index contributed by atoms with van der Waals surface area (Å²) in [6.07, 6.45) is 1.65. The normalized spacial score (nSPS) is 12.7. The van der Waals surface area contributed by atoms with Crippen molar-refractivity contribution in [2.75, 3.05) is 0 Å². The lowest BCUT2D eigenvalue weighted by molar-refractivity contribution is 0.526. The predicted molar refractivity (Wildman–Crippen MR) is 69.1 cm³/mol. The number of hydrogen-bond donors (Lipinski definition) is 2. The maximum Gasteiger partial charge on any atom is 0.101 e. The molecule has 5 heteroatoms. The van der Waals surface area contributed by atoms with Crippen LogP contribution < -0.4 is 11.3 Å². The standard InChI is InChI=1S/C12H12Cl2N2O/c1-7-4-8(6-17-7)12(16-15)10-5-9(13)2-3-11(10)14/h2-6,12,16H,15H2,1H3. The molecule has 2 rings (SSSR count). The van der Waals surface area contributed by atoms with E-state index in [2.05, 4.69) is 5.43 Å². The van der Waals surface area contributed by atoms with Gasteiger partial charge in [0.05, 0.1) is 12.3 Å². The number of halogens is 2. The van der Waals surface area contributed by atoms with Gasteiger partial charge in [-0.1, -0.05) is 23.2 Å². The number of hydrazine groups is 1. The van der Waals surface area contributed by atoms with Gasteiger partial charge in [-0.25, -0.2) is 5.43 Å². The van der Waals surface area contributed by atoms with Crippen LogP contribution in [0.5, 0.6) is 0 Å². The van der Waals surface area contributed by atoms with Gasteiger partial charge in [0.1, 0.15) is 5.76 Å². The predicted octanol–water partition coefficient (Wildman–Crippen LogP) is 3.45. The van der Waals surface area contributed by atoms with E-state index in [-0.39, 0.29) is 6.04 Å². The summed E-state index contributed by atoms with van der Waals surface area (Å²) in [5.41, 5.74) is 4.45. The van der Waals surface area contributed by atoms with E-state index in [0.717, 1.165) is 16.9 Å². The molecular formula is C12H12Cl2N2O. The van der Waals surface area contributed by atoms with Crippen molar-refractivity contribution in [3.63, 3.8) is 0 Å². The zero-order chi connectivity index (χ0) is 12.4. The fourth-order valence-corrected chi connectivity index (χ4v) is 2.12. The molecule has 1 aromatic carbocycles. The van der Waals surface area contributed by atoms with Crippen LogP contribution in [0.3, 0.4) is 0 Å². The first-order valence-corrected chi connectivity index (χ1v) is 5.83. The Kier molecular flexibility index (Phi) is 3.74. The molecule has 0 bridgehead atoms. The Morgan fingerprint density at radius 2 is 2.06 bits per heavy atom. The largest absolute Gasteiger partial charge is 0.469 e. The second kappa shape index (κ2) is 5.10. The summed E-state index contributed by atoms with van der Waals surface area (Å²) in [5, 5.41) is 1.22. The van der Waals surface area contributed by atoms with Crippen molar-refractivity contribution in [3.05, 3.63) is 57.5 Å². The minimum absolute atomic E-state index is 0.237. The quantitative estimate of drug-likeness (QED) is 0.664. The molecule has 17 heavy (non-hydrogen) atoms. The molecule has 1 heterocycles. The molecule has 0 spiro atoms. The number of hydrogen-bond acceptors (Lipinski definition) is 3. The highest BCUT2D eigenvalue weighted by molar-refractivity contribution is 6.33. The molecule has 2 aromatic rings. The van der Waals surface area contributed by atoms with Gasteiger partial charge in [0, 0.05) is 15.6 Å². The van der Waals surface area contributed by atoms with Crippen LogP contribution in [0.4, 0.5) is 0 Å². The third kappa shape index (κ3) is 2.64. The molecule has 0 fully saturated rings. The van der Waals surface area contributed by atoms with E-state index in [1.165, 1.54) is 0 Å². The maximum atomic E-state index is 6.14. The number of rotatable bonds is 3. The number of nitrogens with two attached hydrogens (primary N) is 1. The van der Waals surface area contributed by atoms with Crippen LogP contribution in [0, 0.1) is 6.92 Å². The van der Waals surface area contributed by atoms with Gasteiger partial charge in [0.25, 0.3) is 0 Å². The number of benzene rings is 1. The molecule has 0 aliphatic carbocycles. The second-order valence-electron chi connectivity index (χ2n) is 3.76. The molecular weight excluding hydrogens is 259 g/mol. The van der Waals surface area contributed by atoms with Crippen molar-refractivity contribution >= 4 is 23.2 Å². The number of nitrogens with one attached hydrogen (secondary N) is 1. The van der Waals surface area contributed by atoms with Crippen LogP contribution in [0.15, 0.2) is 34.9 Å². The van der Waals surface area contributed by atoms with Gasteiger partial charge in [-0.15, -0.1) is 0 Å². The van der Waals surface area contributed by atoms with Gasteiger partial charge in [-0.2, -0.15) is 0 Å². The summed E-state index contributed by atoms with van der Waals surface area (Å²) in [6.45, 7) is 1.87. The molecule has 3 nitrogen and oxygen atoms in total. The first-order chi connectivity index (χ1) is 8.11. The van der Waals surface area contributed by atoms with E-state index in [1.54, 1.807) is 24.5 Å². The van der Waals surface area contributed by atoms with Crippen LogP contribution in [0.25, 0.3) is 0 Å². The summed E-state index contributed by atoms with van der Waals surface area (Å²) < 4.78 is 5.27. The smallest absolute Gasteiger partial charge is 0.101 e. The fourth-order valence-electron chi connectivity index (χ4n) is 1.72. The fraction of sp³-hybridized carbons (Fsp3) is 0.167. The van der Waals surface area contributed by atoms with Gasteiger partial charge in [-0.05, 0) is 36.8 Å². The van der Waals surface area contributed by atoms with Crippen LogP contribution in [-0.2, 0) is 0 Å². The molecule has 0 saturated heterocycles. The Balaban J connectivity index is 2.45. The highest BCUT2D eigenvalue weighted by atomic mass is 35.5. The summed E-state index contributed by atoms with van der Waals surface area (Å²) in [5.74, 6) is 6.39. The van der Waals surface area contributed by atoms with Crippen LogP contribution in [0.1, 0.15) is 22.9 Å². The lowest BCUT2D eigenvalue weighted by atomic mass is 10.0. The third-order valence-corrected chi connectivity index (χ3v) is 3.10. The Morgan fingerprint density at radius 3 is 2.65 bits per heavy atom. The SMILES string of the molecule is Cc1cc(C(NN)c2cc(Cl)ccc2Cl)co1. The lowest BCUT2D eigenvalue weighted by Gasteiger charge is -2.16. The summed E-state index contributed by atoms with van der Waals surface area (Å²) in [6, 6.07) is 6.94. The van der Waals surface area contributed by atoms with Gasteiger partial charge in [-0.3, -0.25) is 5.84 Å². The average Bonchev–Trinajstić information content (AvgIpc) is 2.71. The van der Waals surface area contributed by atoms with Crippen molar-refractivity contribution < 1.29 is 4.42 Å². The van der Waals surface area contributed by atoms with E-state index in [0.29, 0.717) is 10.0 Å². The second-order valence-corrected chi connectivity index (χ2v) is 4.60. The van der Waals surface area contributed by atoms with E-state index in [4.69, 9.17) is 33.5 Å². The minimum atomic E-state index is -0.237. The van der Waals surface area contributed by atoms with Crippen molar-refractivity contribution in [2.45, 2.75) is 13.0 Å². The highest BCUT2D eigenvalue weighted by Crippen LogP contribution is 2.30. The number of aryl methyl sites for hydroxylation is 1. The molecule has 90 valence electrons. The van der Waals surface area contributed by atoms with Crippen molar-refractivity contribution in [1.82, 2.24) is 5.43 Å². The summed E-state index contributed by atoms with van der Waals surface area (Å²) in [7, 11) is 0. The zero-order valence-corrected chi connectivity index (χ0v) is 10.7. The Labute approximate surface area is 109 Å².